The van der Waals surface area contributed by atoms with Gasteiger partial charge in [-0.15, -0.1) is 0 Å². The zero-order valence-corrected chi connectivity index (χ0v) is 14.1. The zero-order chi connectivity index (χ0) is 16.2. The second-order valence-electron chi connectivity index (χ2n) is 5.63. The molecule has 23 heavy (non-hydrogen) atoms. The van der Waals surface area contributed by atoms with E-state index in [1.54, 1.807) is 17.0 Å². The average molecular weight is 378 g/mol. The van der Waals surface area contributed by atoms with Crippen LogP contribution in [0.4, 0.5) is 9.18 Å². The monoisotopic (exact) mass is 377 g/mol. The minimum atomic E-state index is -0.393. The molecule has 0 atom stereocenters. The van der Waals surface area contributed by atoms with Crippen LogP contribution in [-0.4, -0.2) is 17.0 Å². The number of benzene rings is 2. The number of nitrogens with zero attached hydrogens (tertiary/aromatic N) is 1. The lowest BCUT2D eigenvalue weighted by molar-refractivity contribution is 0.0906. The predicted octanol–water partition coefficient (Wildman–Crippen LogP) is 4.89. The lowest BCUT2D eigenvalue weighted by Crippen LogP contribution is -2.33. The van der Waals surface area contributed by atoms with Crippen molar-refractivity contribution < 1.29 is 13.9 Å². The quantitative estimate of drug-likeness (QED) is 0.742. The summed E-state index contributed by atoms with van der Waals surface area (Å²) >= 11 is 3.34. The van der Waals surface area contributed by atoms with Crippen LogP contribution in [0.2, 0.25) is 0 Å². The van der Waals surface area contributed by atoms with Gasteiger partial charge in [0, 0.05) is 16.1 Å². The van der Waals surface area contributed by atoms with Gasteiger partial charge < -0.3 is 9.64 Å². The van der Waals surface area contributed by atoms with Crippen molar-refractivity contribution in [2.24, 2.45) is 0 Å². The molecule has 2 aromatic rings. The van der Waals surface area contributed by atoms with Gasteiger partial charge in [-0.2, -0.15) is 0 Å². The molecule has 0 heterocycles. The highest BCUT2D eigenvalue weighted by atomic mass is 79.9. The second-order valence-corrected chi connectivity index (χ2v) is 6.55. The molecular weight excluding hydrogens is 361 g/mol. The number of carbonyl (C=O) groups is 1. The lowest BCUT2D eigenvalue weighted by atomic mass is 10.2. The molecule has 0 N–H and O–H groups in total. The number of ether oxygens (including phenoxy) is 1. The molecule has 5 heteroatoms. The Bertz CT molecular complexity index is 689. The molecule has 2 aromatic carbocycles. The molecule has 1 fully saturated rings. The van der Waals surface area contributed by atoms with Gasteiger partial charge in [0.15, 0.2) is 0 Å². The topological polar surface area (TPSA) is 29.5 Å². The third-order valence-corrected chi connectivity index (χ3v) is 4.27. The Hall–Kier alpha value is -1.88. The Kier molecular flexibility index (Phi) is 4.96. The molecule has 1 aliphatic rings. The van der Waals surface area contributed by atoms with Gasteiger partial charge in [-0.25, -0.2) is 9.18 Å². The Morgan fingerprint density at radius 3 is 2.65 bits per heavy atom. The Labute approximate surface area is 143 Å². The first-order valence-corrected chi connectivity index (χ1v) is 8.34. The van der Waals surface area contributed by atoms with Gasteiger partial charge in [-0.1, -0.05) is 46.3 Å². The maximum Gasteiger partial charge on any atom is 0.410 e. The first-order valence-electron chi connectivity index (χ1n) is 7.55. The van der Waals surface area contributed by atoms with E-state index in [4.69, 9.17) is 4.74 Å². The summed E-state index contributed by atoms with van der Waals surface area (Å²) in [4.78, 5) is 14.0. The van der Waals surface area contributed by atoms with Crippen molar-refractivity contribution in [1.82, 2.24) is 4.90 Å². The van der Waals surface area contributed by atoms with E-state index in [0.29, 0.717) is 5.56 Å². The third kappa shape index (κ3) is 4.32. The minimum absolute atomic E-state index is 0.150. The molecule has 0 aliphatic heterocycles. The molecule has 3 nitrogen and oxygen atoms in total. The molecule has 0 saturated heterocycles. The highest BCUT2D eigenvalue weighted by Crippen LogP contribution is 2.30. The van der Waals surface area contributed by atoms with Crippen LogP contribution < -0.4 is 0 Å². The Balaban J connectivity index is 1.66. The molecule has 0 spiro atoms. The molecule has 0 unspecified atom stereocenters. The fraction of sp³-hybridized carbons (Fsp3) is 0.278. The van der Waals surface area contributed by atoms with Crippen LogP contribution in [0.15, 0.2) is 53.0 Å². The number of amides is 1. The number of hydrogen-bond acceptors (Lipinski definition) is 2. The number of halogens is 2. The van der Waals surface area contributed by atoms with Crippen molar-refractivity contribution >= 4 is 22.0 Å². The molecule has 1 aliphatic carbocycles. The van der Waals surface area contributed by atoms with E-state index >= 15 is 0 Å². The minimum Gasteiger partial charge on any atom is -0.445 e. The van der Waals surface area contributed by atoms with Crippen LogP contribution in [0.3, 0.4) is 0 Å². The summed E-state index contributed by atoms with van der Waals surface area (Å²) in [5.74, 6) is -0.310. The predicted molar refractivity (Wildman–Crippen MR) is 89.3 cm³/mol. The molecule has 0 aromatic heterocycles. The van der Waals surface area contributed by atoms with Crippen LogP contribution in [0, 0.1) is 5.82 Å². The highest BCUT2D eigenvalue weighted by molar-refractivity contribution is 9.10. The molecule has 0 bridgehead atoms. The van der Waals surface area contributed by atoms with Crippen molar-refractivity contribution in [3.05, 3.63) is 69.9 Å². The van der Waals surface area contributed by atoms with Crippen molar-refractivity contribution in [2.45, 2.75) is 32.0 Å². The summed E-state index contributed by atoms with van der Waals surface area (Å²) in [6.07, 6.45) is 1.49. The number of rotatable bonds is 5. The maximum atomic E-state index is 13.9. The van der Waals surface area contributed by atoms with Crippen molar-refractivity contribution in [2.75, 3.05) is 0 Å². The van der Waals surface area contributed by atoms with E-state index in [9.17, 15) is 9.18 Å². The number of hydrogen-bond donors (Lipinski definition) is 0. The molecule has 1 saturated carbocycles. The summed E-state index contributed by atoms with van der Waals surface area (Å²) in [7, 11) is 0. The van der Waals surface area contributed by atoms with Crippen LogP contribution in [0.1, 0.15) is 24.0 Å². The summed E-state index contributed by atoms with van der Waals surface area (Å²) in [6.45, 7) is 0.452. The van der Waals surface area contributed by atoms with E-state index in [-0.39, 0.29) is 25.0 Å². The summed E-state index contributed by atoms with van der Waals surface area (Å²) in [5, 5.41) is 0. The van der Waals surface area contributed by atoms with Gasteiger partial charge in [-0.05, 0) is 36.6 Å². The van der Waals surface area contributed by atoms with Crippen molar-refractivity contribution in [1.29, 1.82) is 0 Å². The fourth-order valence-electron chi connectivity index (χ4n) is 2.38. The molecule has 1 amide bonds. The molecule has 3 rings (SSSR count). The summed E-state index contributed by atoms with van der Waals surface area (Å²) in [6, 6.07) is 14.4. The van der Waals surface area contributed by atoms with E-state index in [0.717, 1.165) is 22.9 Å². The summed E-state index contributed by atoms with van der Waals surface area (Å²) < 4.78 is 20.1. The molecular formula is C18H17BrFNO2. The normalized spacial score (nSPS) is 13.7. The van der Waals surface area contributed by atoms with Crippen LogP contribution >= 0.6 is 15.9 Å². The summed E-state index contributed by atoms with van der Waals surface area (Å²) in [5.41, 5.74) is 1.42. The number of carbonyl (C=O) groups excluding carboxylic acids is 1. The molecule has 0 radical (unpaired) electrons. The van der Waals surface area contributed by atoms with Gasteiger partial charge in [0.2, 0.25) is 0 Å². The second kappa shape index (κ2) is 7.13. The first-order chi connectivity index (χ1) is 11.1. The van der Waals surface area contributed by atoms with Gasteiger partial charge in [0.1, 0.15) is 12.4 Å². The largest absolute Gasteiger partial charge is 0.445 e. The van der Waals surface area contributed by atoms with Gasteiger partial charge in [0.05, 0.1) is 6.54 Å². The maximum absolute atomic E-state index is 13.9. The third-order valence-electron chi connectivity index (χ3n) is 3.78. The standard InChI is InChI=1S/C18H17BrFNO2/c19-15-6-9-17(20)14(10-15)11-21(16-7-8-16)18(22)23-12-13-4-2-1-3-5-13/h1-6,9-10,16H,7-8,11-12H2. The van der Waals surface area contributed by atoms with Gasteiger partial charge in [0.25, 0.3) is 0 Å². The zero-order valence-electron chi connectivity index (χ0n) is 12.5. The van der Waals surface area contributed by atoms with Gasteiger partial charge in [-0.3, -0.25) is 0 Å². The molecule has 120 valence electrons. The smallest absolute Gasteiger partial charge is 0.410 e. The highest BCUT2D eigenvalue weighted by Gasteiger charge is 2.34. The van der Waals surface area contributed by atoms with Crippen LogP contribution in [0.5, 0.6) is 0 Å². The van der Waals surface area contributed by atoms with Crippen molar-refractivity contribution in [3.8, 4) is 0 Å². The average Bonchev–Trinajstić information content (AvgIpc) is 3.39. The van der Waals surface area contributed by atoms with Crippen LogP contribution in [0.25, 0.3) is 0 Å². The van der Waals surface area contributed by atoms with E-state index in [1.807, 2.05) is 30.3 Å². The Morgan fingerprint density at radius 1 is 1.22 bits per heavy atom. The van der Waals surface area contributed by atoms with E-state index in [2.05, 4.69) is 15.9 Å². The van der Waals surface area contributed by atoms with Crippen LogP contribution in [-0.2, 0) is 17.9 Å². The SMILES string of the molecule is O=C(OCc1ccccc1)N(Cc1cc(Br)ccc1F)C1CC1. The fourth-order valence-corrected chi connectivity index (χ4v) is 2.79. The van der Waals surface area contributed by atoms with Gasteiger partial charge >= 0.3 is 6.09 Å². The first kappa shape index (κ1) is 16.0. The van der Waals surface area contributed by atoms with E-state index < -0.39 is 6.09 Å². The van der Waals surface area contributed by atoms with E-state index in [1.165, 1.54) is 6.07 Å². The Morgan fingerprint density at radius 2 is 1.96 bits per heavy atom. The van der Waals surface area contributed by atoms with Crippen molar-refractivity contribution in [3.63, 3.8) is 0 Å². The lowest BCUT2D eigenvalue weighted by Gasteiger charge is -2.22.